The van der Waals surface area contributed by atoms with Crippen LogP contribution < -0.4 is 26.2 Å². The molecule has 0 saturated heterocycles. The van der Waals surface area contributed by atoms with E-state index in [1.807, 2.05) is 0 Å². The Bertz CT molecular complexity index is 3490. The van der Waals surface area contributed by atoms with Crippen LogP contribution in [0.1, 0.15) is 194 Å². The summed E-state index contributed by atoms with van der Waals surface area (Å²) in [6.07, 6.45) is 16.1. The first kappa shape index (κ1) is 47.9. The molecule has 0 spiro atoms. The first-order chi connectivity index (χ1) is 35.3. The number of rotatable bonds is 4. The molecule has 6 aromatic rings. The van der Waals surface area contributed by atoms with Gasteiger partial charge in [0.05, 0.1) is 0 Å². The predicted octanol–water partition coefficient (Wildman–Crippen LogP) is 17.2. The fraction of sp³-hybridized carbons (Fsp3) is 0.465. The molecule has 1 fully saturated rings. The number of nitrogens with zero attached hydrogens (tertiary/aromatic N) is 2. The Labute approximate surface area is 450 Å². The standard InChI is InChI=1S/C71H81BN2O/c1-64(2)27-28-65(3,4)49-37-46(25-26-48(49)64)73-57-35-45(43-21-17-15-18-22-43)36-58-60(57)72-54-39-53-52(68(9,10)31-33-70(53,13)42-71(14)34-32-69(11,12)62-59(71)61(72)63(73)75-62)41-56(54)74(58)55-40-51-50(66(5,6)29-30-67(51,7)8)38-47(55)44-23-19-16-20-24-44/h15-26,35-41,50-51H,27-34,42H2,1-14H3. The van der Waals surface area contributed by atoms with Gasteiger partial charge in [0.1, 0.15) is 5.76 Å². The van der Waals surface area contributed by atoms with E-state index in [1.165, 1.54) is 122 Å². The van der Waals surface area contributed by atoms with Crippen LogP contribution in [-0.4, -0.2) is 6.71 Å². The summed E-state index contributed by atoms with van der Waals surface area (Å²) in [7, 11) is 0. The van der Waals surface area contributed by atoms with Gasteiger partial charge in [-0.25, -0.2) is 0 Å². The van der Waals surface area contributed by atoms with E-state index in [2.05, 4.69) is 222 Å². The van der Waals surface area contributed by atoms with Gasteiger partial charge in [-0.3, -0.25) is 4.90 Å². The lowest BCUT2D eigenvalue weighted by Gasteiger charge is -2.53. The molecule has 5 aliphatic carbocycles. The van der Waals surface area contributed by atoms with Crippen molar-refractivity contribution in [1.29, 1.82) is 0 Å². The molecule has 4 heterocycles. The van der Waals surface area contributed by atoms with E-state index in [0.29, 0.717) is 11.8 Å². The second-order valence-electron chi connectivity index (χ2n) is 30.0. The summed E-state index contributed by atoms with van der Waals surface area (Å²) in [5, 5.41) is 0. The van der Waals surface area contributed by atoms with Crippen molar-refractivity contribution < 1.29 is 4.42 Å². The van der Waals surface area contributed by atoms with E-state index in [0.717, 1.165) is 31.6 Å². The highest BCUT2D eigenvalue weighted by molar-refractivity contribution is 7.00. The van der Waals surface area contributed by atoms with Crippen molar-refractivity contribution >= 4 is 57.3 Å². The van der Waals surface area contributed by atoms with E-state index < -0.39 is 0 Å². The van der Waals surface area contributed by atoms with Crippen LogP contribution in [0.4, 0.5) is 28.6 Å². The molecule has 1 saturated carbocycles. The highest BCUT2D eigenvalue weighted by atomic mass is 16.4. The molecule has 0 radical (unpaired) electrons. The molecule has 1 aromatic heterocycles. The average molecular weight is 989 g/mol. The number of hydrogen-bond acceptors (Lipinski definition) is 3. The predicted molar refractivity (Wildman–Crippen MR) is 317 cm³/mol. The van der Waals surface area contributed by atoms with Crippen LogP contribution in [0.25, 0.3) is 16.7 Å². The summed E-state index contributed by atoms with van der Waals surface area (Å²) in [4.78, 5) is 5.48. The van der Waals surface area contributed by atoms with Crippen LogP contribution in [0.5, 0.6) is 0 Å². The van der Waals surface area contributed by atoms with Gasteiger partial charge in [0.15, 0.2) is 5.88 Å². The molecule has 5 aromatic carbocycles. The molecule has 4 unspecified atom stereocenters. The van der Waals surface area contributed by atoms with Crippen molar-refractivity contribution in [2.24, 2.45) is 22.7 Å². The Morgan fingerprint density at radius 3 is 1.68 bits per heavy atom. The maximum atomic E-state index is 7.96. The minimum atomic E-state index is -0.125. The lowest BCUT2D eigenvalue weighted by Crippen LogP contribution is -2.63. The maximum Gasteiger partial charge on any atom is 0.256 e. The Morgan fingerprint density at radius 1 is 0.453 bits per heavy atom. The van der Waals surface area contributed by atoms with Gasteiger partial charge in [-0.15, -0.1) is 0 Å². The molecule has 2 bridgehead atoms. The van der Waals surface area contributed by atoms with Crippen LogP contribution in [0.2, 0.25) is 0 Å². The highest BCUT2D eigenvalue weighted by Gasteiger charge is 2.58. The molecule has 384 valence electrons. The molecule has 0 amide bonds. The lowest BCUT2D eigenvalue weighted by atomic mass is 9.32. The molecule has 4 heteroatoms. The van der Waals surface area contributed by atoms with Crippen molar-refractivity contribution in [2.45, 2.75) is 187 Å². The Kier molecular flexibility index (Phi) is 9.69. The Balaban J connectivity index is 1.16. The minimum Gasteiger partial charge on any atom is -0.444 e. The largest absolute Gasteiger partial charge is 0.444 e. The smallest absolute Gasteiger partial charge is 0.256 e. The molecule has 14 rings (SSSR count). The van der Waals surface area contributed by atoms with Crippen molar-refractivity contribution in [3.63, 3.8) is 0 Å². The fourth-order valence-corrected chi connectivity index (χ4v) is 17.1. The van der Waals surface area contributed by atoms with Crippen LogP contribution in [0.15, 0.2) is 125 Å². The van der Waals surface area contributed by atoms with Crippen LogP contribution in [0.3, 0.4) is 0 Å². The summed E-state index contributed by atoms with van der Waals surface area (Å²) in [5.41, 5.74) is 23.7. The average Bonchev–Trinajstić information content (AvgIpc) is 3.81. The number of hydrogen-bond donors (Lipinski definition) is 0. The highest BCUT2D eigenvalue weighted by Crippen LogP contribution is 2.62. The Hall–Kier alpha value is -5.48. The molecule has 0 N–H and O–H groups in total. The number of furan rings is 1. The quantitative estimate of drug-likeness (QED) is 0.164. The summed E-state index contributed by atoms with van der Waals surface area (Å²) < 4.78 is 7.96. The van der Waals surface area contributed by atoms with Gasteiger partial charge in [0.2, 0.25) is 0 Å². The molecule has 3 nitrogen and oxygen atoms in total. The van der Waals surface area contributed by atoms with E-state index in [4.69, 9.17) is 4.42 Å². The first-order valence-corrected chi connectivity index (χ1v) is 29.2. The number of allylic oxidation sites excluding steroid dienone is 3. The van der Waals surface area contributed by atoms with Crippen molar-refractivity contribution in [1.82, 2.24) is 0 Å². The third kappa shape index (κ3) is 6.65. The fourth-order valence-electron chi connectivity index (χ4n) is 17.1. The van der Waals surface area contributed by atoms with Gasteiger partial charge in [0.25, 0.3) is 6.71 Å². The summed E-state index contributed by atoms with van der Waals surface area (Å²) >= 11 is 0. The molecule has 4 atom stereocenters. The lowest BCUT2D eigenvalue weighted by molar-refractivity contribution is 0.0332. The van der Waals surface area contributed by atoms with E-state index in [-0.39, 0.29) is 50.0 Å². The third-order valence-corrected chi connectivity index (χ3v) is 22.1. The van der Waals surface area contributed by atoms with Gasteiger partial charge in [0, 0.05) is 39.4 Å². The van der Waals surface area contributed by atoms with Gasteiger partial charge < -0.3 is 9.32 Å². The first-order valence-electron chi connectivity index (χ1n) is 29.2. The zero-order valence-corrected chi connectivity index (χ0v) is 47.9. The topological polar surface area (TPSA) is 19.6 Å². The minimum absolute atomic E-state index is 0.00314. The zero-order chi connectivity index (χ0) is 52.4. The van der Waals surface area contributed by atoms with E-state index in [9.17, 15) is 0 Å². The van der Waals surface area contributed by atoms with Gasteiger partial charge >= 0.3 is 0 Å². The SMILES string of the molecule is CC1(C)CCC(C)(C)c2cc(N3c4cc(-c5ccccc5)cc5c4B4c6cc7c(cc6N5C5=CC6C(C=C5c5ccccc5)C(C)(C)CCC6(C)C)C(C)(C)CCC7(C)CC5(C)CCC(C)(C)c6oc3c4c65)ccc21. The van der Waals surface area contributed by atoms with Crippen LogP contribution in [-0.2, 0) is 32.5 Å². The number of benzene rings is 5. The summed E-state index contributed by atoms with van der Waals surface area (Å²) in [5.74, 6) is 3.04. The summed E-state index contributed by atoms with van der Waals surface area (Å²) in [6.45, 7) is 35.4. The van der Waals surface area contributed by atoms with Crippen molar-refractivity contribution in [3.05, 3.63) is 160 Å². The second kappa shape index (κ2) is 15.2. The molecule has 75 heavy (non-hydrogen) atoms. The Morgan fingerprint density at radius 2 is 1.01 bits per heavy atom. The second-order valence-corrected chi connectivity index (χ2v) is 30.0. The van der Waals surface area contributed by atoms with Crippen LogP contribution in [0, 0.1) is 22.7 Å². The van der Waals surface area contributed by atoms with E-state index >= 15 is 0 Å². The van der Waals surface area contributed by atoms with Gasteiger partial charge in [-0.2, -0.15) is 0 Å². The molecular weight excluding hydrogens is 908 g/mol. The van der Waals surface area contributed by atoms with Crippen molar-refractivity contribution in [3.8, 4) is 11.1 Å². The van der Waals surface area contributed by atoms with Crippen LogP contribution >= 0.6 is 0 Å². The monoisotopic (exact) mass is 989 g/mol. The third-order valence-electron chi connectivity index (χ3n) is 22.1. The number of fused-ring (bicyclic) bond motifs is 2. The number of anilines is 5. The molecular formula is C71H81BN2O. The van der Waals surface area contributed by atoms with Gasteiger partial charge in [-0.1, -0.05) is 182 Å². The normalized spacial score (nSPS) is 27.9. The molecule has 8 aliphatic rings. The zero-order valence-electron chi connectivity index (χ0n) is 47.9. The van der Waals surface area contributed by atoms with Gasteiger partial charge in [-0.05, 0) is 199 Å². The molecule has 3 aliphatic heterocycles. The van der Waals surface area contributed by atoms with E-state index in [1.54, 1.807) is 11.1 Å². The van der Waals surface area contributed by atoms with Crippen molar-refractivity contribution in [2.75, 3.05) is 9.80 Å². The maximum absolute atomic E-state index is 7.96. The summed E-state index contributed by atoms with van der Waals surface area (Å²) in [6, 6.07) is 41.0.